The lowest BCUT2D eigenvalue weighted by atomic mass is 10.2. The highest BCUT2D eigenvalue weighted by Crippen LogP contribution is 1.91. The average molecular weight is 229 g/mol. The monoisotopic (exact) mass is 229 g/mol. The molecule has 0 saturated heterocycles. The largest absolute Gasteiger partial charge is 0.353 e. The number of carbonyl (C=O) groups excluding carboxylic acids is 2. The molecule has 0 saturated carbocycles. The lowest BCUT2D eigenvalue weighted by Gasteiger charge is -2.01. The Bertz CT molecular complexity index is 184. The maximum atomic E-state index is 10.7. The molecule has 94 valence electrons. The van der Waals surface area contributed by atoms with Gasteiger partial charge in [-0.25, -0.2) is 0 Å². The topological polar surface area (TPSA) is 84.2 Å². The fraction of sp³-hybridized carbons (Fsp3) is 0.636. The van der Waals surface area contributed by atoms with Gasteiger partial charge in [-0.3, -0.25) is 4.79 Å². The van der Waals surface area contributed by atoms with Crippen molar-refractivity contribution in [3.05, 3.63) is 12.7 Å². The Kier molecular flexibility index (Phi) is 17.5. The Labute approximate surface area is 97.5 Å². The predicted octanol–water partition coefficient (Wildman–Crippen LogP) is -0.178. The van der Waals surface area contributed by atoms with E-state index in [-0.39, 0.29) is 12.5 Å². The van der Waals surface area contributed by atoms with Crippen molar-refractivity contribution in [1.82, 2.24) is 10.6 Å². The molecule has 0 rings (SSSR count). The molecule has 0 atom stereocenters. The molecule has 0 spiro atoms. The van der Waals surface area contributed by atoms with Crippen LogP contribution < -0.4 is 16.4 Å². The van der Waals surface area contributed by atoms with Crippen LogP contribution in [0.5, 0.6) is 0 Å². The first-order chi connectivity index (χ1) is 7.72. The number of nitrogens with two attached hydrogens (primary N) is 1. The van der Waals surface area contributed by atoms with Gasteiger partial charge in [-0.15, -0.1) is 0 Å². The van der Waals surface area contributed by atoms with Gasteiger partial charge in [-0.1, -0.05) is 13.0 Å². The van der Waals surface area contributed by atoms with Gasteiger partial charge >= 0.3 is 0 Å². The van der Waals surface area contributed by atoms with Crippen LogP contribution in [-0.2, 0) is 9.59 Å². The predicted molar refractivity (Wildman–Crippen MR) is 66.1 cm³/mol. The molecule has 0 aliphatic rings. The van der Waals surface area contributed by atoms with Crippen molar-refractivity contribution in [1.29, 1.82) is 0 Å². The third-order valence-corrected chi connectivity index (χ3v) is 1.68. The van der Waals surface area contributed by atoms with Crippen LogP contribution in [0, 0.1) is 0 Å². The van der Waals surface area contributed by atoms with E-state index in [0.29, 0.717) is 6.29 Å². The molecule has 0 bridgehead atoms. The first-order valence-corrected chi connectivity index (χ1v) is 5.41. The summed E-state index contributed by atoms with van der Waals surface area (Å²) in [7, 11) is 1.94. The summed E-state index contributed by atoms with van der Waals surface area (Å²) in [5.41, 5.74) is 4.66. The average Bonchev–Trinajstić information content (AvgIpc) is 2.33. The number of carbonyl (C=O) groups is 2. The molecular formula is C11H23N3O2. The Morgan fingerprint density at radius 2 is 1.88 bits per heavy atom. The summed E-state index contributed by atoms with van der Waals surface area (Å²) >= 11 is 0. The Hall–Kier alpha value is -1.20. The van der Waals surface area contributed by atoms with E-state index in [1.54, 1.807) is 0 Å². The van der Waals surface area contributed by atoms with Gasteiger partial charge in [-0.2, -0.15) is 0 Å². The highest BCUT2D eigenvalue weighted by atomic mass is 16.1. The summed E-state index contributed by atoms with van der Waals surface area (Å²) < 4.78 is 0. The maximum Gasteiger partial charge on any atom is 0.243 e. The highest BCUT2D eigenvalue weighted by molar-refractivity contribution is 5.86. The minimum absolute atomic E-state index is 0.0800. The van der Waals surface area contributed by atoms with Crippen LogP contribution in [0.25, 0.3) is 0 Å². The molecule has 1 amide bonds. The number of amides is 1. The second-order valence-electron chi connectivity index (χ2n) is 3.06. The summed E-state index contributed by atoms with van der Waals surface area (Å²) in [6.45, 7) is 5.32. The molecule has 16 heavy (non-hydrogen) atoms. The van der Waals surface area contributed by atoms with Gasteiger partial charge in [0.25, 0.3) is 0 Å². The molecule has 0 unspecified atom stereocenters. The fourth-order valence-electron chi connectivity index (χ4n) is 0.887. The first kappa shape index (κ1) is 17.2. The van der Waals surface area contributed by atoms with E-state index in [1.165, 1.54) is 12.5 Å². The molecule has 0 aliphatic heterocycles. The van der Waals surface area contributed by atoms with Crippen LogP contribution in [-0.4, -0.2) is 38.9 Å². The molecule has 0 aromatic rings. The molecule has 0 radical (unpaired) electrons. The molecule has 0 heterocycles. The van der Waals surface area contributed by atoms with Crippen LogP contribution in [0.15, 0.2) is 12.7 Å². The fourth-order valence-corrected chi connectivity index (χ4v) is 0.887. The number of hydrogen-bond acceptors (Lipinski definition) is 4. The van der Waals surface area contributed by atoms with E-state index in [0.717, 1.165) is 25.9 Å². The summed E-state index contributed by atoms with van der Waals surface area (Å²) in [5, 5.41) is 5.81. The quantitative estimate of drug-likeness (QED) is 0.306. The molecular weight excluding hydrogens is 206 g/mol. The van der Waals surface area contributed by atoms with Crippen molar-refractivity contribution in [2.45, 2.75) is 19.3 Å². The molecule has 5 heteroatoms. The van der Waals surface area contributed by atoms with Crippen LogP contribution in [0.4, 0.5) is 0 Å². The van der Waals surface area contributed by atoms with E-state index in [1.807, 2.05) is 7.05 Å². The van der Waals surface area contributed by atoms with Crippen LogP contribution in [0.2, 0.25) is 0 Å². The van der Waals surface area contributed by atoms with Crippen LogP contribution >= 0.6 is 0 Å². The molecule has 4 N–H and O–H groups in total. The summed E-state index contributed by atoms with van der Waals surface area (Å²) in [5.74, 6) is -0.0800. The highest BCUT2D eigenvalue weighted by Gasteiger charge is 1.92. The summed E-state index contributed by atoms with van der Waals surface area (Å²) in [4.78, 5) is 19.7. The van der Waals surface area contributed by atoms with Crippen LogP contribution in [0.1, 0.15) is 19.3 Å². The van der Waals surface area contributed by atoms with E-state index in [2.05, 4.69) is 22.9 Å². The van der Waals surface area contributed by atoms with E-state index < -0.39 is 0 Å². The van der Waals surface area contributed by atoms with Crippen LogP contribution in [0.3, 0.4) is 0 Å². The maximum absolute atomic E-state index is 10.7. The third-order valence-electron chi connectivity index (χ3n) is 1.68. The molecule has 0 fully saturated rings. The molecule has 0 aromatic carbocycles. The van der Waals surface area contributed by atoms with Gasteiger partial charge in [0.05, 0.1) is 0 Å². The third kappa shape index (κ3) is 18.6. The van der Waals surface area contributed by atoms with Gasteiger partial charge in [0, 0.05) is 13.1 Å². The lowest BCUT2D eigenvalue weighted by molar-refractivity contribution is -0.116. The summed E-state index contributed by atoms with van der Waals surface area (Å²) in [6, 6.07) is 0. The number of unbranched alkanes of at least 4 members (excludes halogenated alkanes) is 2. The van der Waals surface area contributed by atoms with Gasteiger partial charge in [0.15, 0.2) is 0 Å². The zero-order valence-corrected chi connectivity index (χ0v) is 10.00. The van der Waals surface area contributed by atoms with Gasteiger partial charge < -0.3 is 21.2 Å². The summed E-state index contributed by atoms with van der Waals surface area (Å²) in [6.07, 6.45) is 5.31. The van der Waals surface area contributed by atoms with Gasteiger partial charge in [0.2, 0.25) is 5.91 Å². The number of nitrogens with one attached hydrogen (secondary N) is 2. The normalized spacial score (nSPS) is 8.62. The zero-order valence-electron chi connectivity index (χ0n) is 10.00. The van der Waals surface area contributed by atoms with Crippen molar-refractivity contribution < 1.29 is 9.59 Å². The van der Waals surface area contributed by atoms with E-state index in [9.17, 15) is 4.79 Å². The number of aldehydes is 1. The van der Waals surface area contributed by atoms with Crippen molar-refractivity contribution in [2.75, 3.05) is 26.7 Å². The minimum atomic E-state index is -0.0800. The molecule has 5 nitrogen and oxygen atoms in total. The molecule has 0 aliphatic carbocycles. The zero-order chi connectivity index (χ0) is 12.6. The SMILES string of the molecule is C=CC(=O)NCCCCCNC.NCC=O. The Morgan fingerprint density at radius 1 is 1.31 bits per heavy atom. The standard InChI is InChI=1S/C9H18N2O.C2H5NO/c1-3-9(12)11-8-6-4-5-7-10-2;3-1-2-4/h3,10H,1,4-8H2,2H3,(H,11,12);2H,1,3H2. The number of hydrogen-bond donors (Lipinski definition) is 3. The van der Waals surface area contributed by atoms with Gasteiger partial charge in [0.1, 0.15) is 6.29 Å². The van der Waals surface area contributed by atoms with Gasteiger partial charge in [-0.05, 0) is 32.5 Å². The van der Waals surface area contributed by atoms with E-state index >= 15 is 0 Å². The number of rotatable bonds is 8. The molecule has 0 aromatic heterocycles. The second kappa shape index (κ2) is 16.2. The smallest absolute Gasteiger partial charge is 0.243 e. The lowest BCUT2D eigenvalue weighted by Crippen LogP contribution is -2.21. The van der Waals surface area contributed by atoms with Crippen molar-refractivity contribution in [2.24, 2.45) is 5.73 Å². The first-order valence-electron chi connectivity index (χ1n) is 5.41. The minimum Gasteiger partial charge on any atom is -0.353 e. The second-order valence-corrected chi connectivity index (χ2v) is 3.06. The Morgan fingerprint density at radius 3 is 2.31 bits per heavy atom. The van der Waals surface area contributed by atoms with Crippen molar-refractivity contribution in [3.63, 3.8) is 0 Å². The van der Waals surface area contributed by atoms with E-state index in [4.69, 9.17) is 4.79 Å². The van der Waals surface area contributed by atoms with Crippen molar-refractivity contribution in [3.8, 4) is 0 Å². The van der Waals surface area contributed by atoms with Crippen molar-refractivity contribution >= 4 is 12.2 Å². The Balaban J connectivity index is 0.